The maximum absolute atomic E-state index is 11.9. The van der Waals surface area contributed by atoms with E-state index in [1.807, 2.05) is 36.4 Å². The van der Waals surface area contributed by atoms with Gasteiger partial charge in [0, 0.05) is 12.3 Å². The van der Waals surface area contributed by atoms with Crippen molar-refractivity contribution in [2.75, 3.05) is 5.75 Å². The van der Waals surface area contributed by atoms with Crippen LogP contribution in [0.25, 0.3) is 6.08 Å². The molecule has 0 saturated heterocycles. The number of nitrogens with one attached hydrogen (secondary N) is 1. The minimum atomic E-state index is -0.152. The van der Waals surface area contributed by atoms with Gasteiger partial charge in [-0.3, -0.25) is 4.57 Å². The van der Waals surface area contributed by atoms with Gasteiger partial charge in [-0.25, -0.2) is 9.89 Å². The van der Waals surface area contributed by atoms with Gasteiger partial charge in [0.1, 0.15) is 0 Å². The zero-order valence-corrected chi connectivity index (χ0v) is 14.1. The van der Waals surface area contributed by atoms with Crippen molar-refractivity contribution in [2.24, 2.45) is 0 Å². The molecule has 0 radical (unpaired) electrons. The van der Waals surface area contributed by atoms with Gasteiger partial charge in [0.15, 0.2) is 5.16 Å². The molecule has 3 aromatic rings. The van der Waals surface area contributed by atoms with Crippen LogP contribution in [0.2, 0.25) is 0 Å². The first kappa shape index (κ1) is 16.3. The first-order chi connectivity index (χ1) is 11.8. The predicted molar refractivity (Wildman–Crippen MR) is 99.2 cm³/mol. The molecule has 3 rings (SSSR count). The summed E-state index contributed by atoms with van der Waals surface area (Å²) in [6.45, 7) is 0.629. The molecule has 1 heterocycles. The van der Waals surface area contributed by atoms with Gasteiger partial charge >= 0.3 is 5.69 Å². The maximum Gasteiger partial charge on any atom is 0.343 e. The average molecular weight is 337 g/mol. The molecule has 122 valence electrons. The molecule has 0 fully saturated rings. The summed E-state index contributed by atoms with van der Waals surface area (Å²) in [5, 5.41) is 7.40. The SMILES string of the molecule is O=c1[nH]nc(SCC=Cc2ccccc2)n1CCc1ccccc1. The van der Waals surface area contributed by atoms with Crippen LogP contribution >= 0.6 is 11.8 Å². The molecule has 0 saturated carbocycles. The molecule has 2 aromatic carbocycles. The Balaban J connectivity index is 1.58. The first-order valence-electron chi connectivity index (χ1n) is 7.86. The van der Waals surface area contributed by atoms with Crippen LogP contribution < -0.4 is 5.69 Å². The lowest BCUT2D eigenvalue weighted by molar-refractivity contribution is 0.616. The third kappa shape index (κ3) is 4.49. The highest BCUT2D eigenvalue weighted by Gasteiger charge is 2.08. The highest BCUT2D eigenvalue weighted by molar-refractivity contribution is 7.99. The van der Waals surface area contributed by atoms with Crippen LogP contribution in [-0.2, 0) is 13.0 Å². The fraction of sp³-hybridized carbons (Fsp3) is 0.158. The van der Waals surface area contributed by atoms with Crippen molar-refractivity contribution in [1.82, 2.24) is 14.8 Å². The van der Waals surface area contributed by atoms with Crippen molar-refractivity contribution in [3.05, 3.63) is 88.4 Å². The van der Waals surface area contributed by atoms with E-state index in [2.05, 4.69) is 46.6 Å². The van der Waals surface area contributed by atoms with Crippen molar-refractivity contribution in [3.8, 4) is 0 Å². The quantitative estimate of drug-likeness (QED) is 0.670. The molecule has 1 aromatic heterocycles. The van der Waals surface area contributed by atoms with Crippen LogP contribution in [-0.4, -0.2) is 20.5 Å². The zero-order valence-electron chi connectivity index (χ0n) is 13.3. The molecular weight excluding hydrogens is 318 g/mol. The Kier molecular flexibility index (Phi) is 5.69. The highest BCUT2D eigenvalue weighted by Crippen LogP contribution is 2.14. The predicted octanol–water partition coefficient (Wildman–Crippen LogP) is 3.62. The molecule has 0 bridgehead atoms. The van der Waals surface area contributed by atoms with Crippen LogP contribution in [0.1, 0.15) is 11.1 Å². The van der Waals surface area contributed by atoms with E-state index in [0.717, 1.165) is 17.3 Å². The smallest absolute Gasteiger partial charge is 0.270 e. The molecule has 0 spiro atoms. The first-order valence-corrected chi connectivity index (χ1v) is 8.85. The van der Waals surface area contributed by atoms with Gasteiger partial charge in [-0.15, -0.1) is 5.10 Å². The number of thioether (sulfide) groups is 1. The van der Waals surface area contributed by atoms with Gasteiger partial charge in [-0.05, 0) is 17.5 Å². The minimum Gasteiger partial charge on any atom is -0.270 e. The standard InChI is InChI=1S/C19H19N3OS/c23-18-20-21-19(22(18)14-13-17-10-5-2-6-11-17)24-15-7-12-16-8-3-1-4-9-16/h1-12H,13-15H2,(H,20,23). The number of hydrogen-bond donors (Lipinski definition) is 1. The summed E-state index contributed by atoms with van der Waals surface area (Å²) >= 11 is 1.56. The molecule has 0 aliphatic heterocycles. The Morgan fingerprint density at radius 3 is 2.50 bits per heavy atom. The Morgan fingerprint density at radius 1 is 1.04 bits per heavy atom. The van der Waals surface area contributed by atoms with Crippen molar-refractivity contribution in [3.63, 3.8) is 0 Å². The van der Waals surface area contributed by atoms with Gasteiger partial charge < -0.3 is 0 Å². The van der Waals surface area contributed by atoms with Gasteiger partial charge in [-0.2, -0.15) is 0 Å². The number of H-pyrrole nitrogens is 1. The number of aryl methyl sites for hydroxylation is 1. The molecule has 0 atom stereocenters. The van der Waals surface area contributed by atoms with Crippen molar-refractivity contribution < 1.29 is 0 Å². The Morgan fingerprint density at radius 2 is 1.75 bits per heavy atom. The third-order valence-corrected chi connectivity index (χ3v) is 4.54. The van der Waals surface area contributed by atoms with E-state index in [9.17, 15) is 4.79 Å². The van der Waals surface area contributed by atoms with Crippen LogP contribution in [0.15, 0.2) is 76.7 Å². The van der Waals surface area contributed by atoms with Crippen LogP contribution in [0.3, 0.4) is 0 Å². The van der Waals surface area contributed by atoms with E-state index >= 15 is 0 Å². The lowest BCUT2D eigenvalue weighted by atomic mass is 10.1. The van der Waals surface area contributed by atoms with Crippen molar-refractivity contribution >= 4 is 17.8 Å². The normalized spacial score (nSPS) is 11.2. The summed E-state index contributed by atoms with van der Waals surface area (Å²) in [5.74, 6) is 0.768. The number of nitrogens with zero attached hydrogens (tertiary/aromatic N) is 2. The van der Waals surface area contributed by atoms with E-state index in [1.54, 1.807) is 16.3 Å². The monoisotopic (exact) mass is 337 g/mol. The summed E-state index contributed by atoms with van der Waals surface area (Å²) in [5.41, 5.74) is 2.23. The minimum absolute atomic E-state index is 0.152. The Labute approximate surface area is 145 Å². The second kappa shape index (κ2) is 8.36. The molecule has 5 heteroatoms. The fourth-order valence-electron chi connectivity index (χ4n) is 2.37. The second-order valence-electron chi connectivity index (χ2n) is 5.32. The van der Waals surface area contributed by atoms with Crippen LogP contribution in [0.4, 0.5) is 0 Å². The van der Waals surface area contributed by atoms with E-state index in [1.165, 1.54) is 11.1 Å². The van der Waals surface area contributed by atoms with Crippen LogP contribution in [0.5, 0.6) is 0 Å². The number of hydrogen-bond acceptors (Lipinski definition) is 3. The Bertz CT molecular complexity index is 838. The summed E-state index contributed by atoms with van der Waals surface area (Å²) in [4.78, 5) is 11.9. The lowest BCUT2D eigenvalue weighted by Gasteiger charge is -2.04. The van der Waals surface area contributed by atoms with Gasteiger partial charge in [-0.1, -0.05) is 84.6 Å². The fourth-order valence-corrected chi connectivity index (χ4v) is 3.15. The molecule has 24 heavy (non-hydrogen) atoms. The summed E-state index contributed by atoms with van der Waals surface area (Å²) in [6.07, 6.45) is 4.97. The molecular formula is C19H19N3OS. The van der Waals surface area contributed by atoms with E-state index in [4.69, 9.17) is 0 Å². The van der Waals surface area contributed by atoms with Gasteiger partial charge in [0.05, 0.1) is 0 Å². The number of benzene rings is 2. The van der Waals surface area contributed by atoms with E-state index < -0.39 is 0 Å². The topological polar surface area (TPSA) is 50.7 Å². The van der Waals surface area contributed by atoms with E-state index in [0.29, 0.717) is 6.54 Å². The number of aromatic nitrogens is 3. The maximum atomic E-state index is 11.9. The zero-order chi connectivity index (χ0) is 16.6. The number of rotatable bonds is 7. The number of aromatic amines is 1. The highest BCUT2D eigenvalue weighted by atomic mass is 32.2. The van der Waals surface area contributed by atoms with Crippen LogP contribution in [0, 0.1) is 0 Å². The molecule has 0 amide bonds. The molecule has 1 N–H and O–H groups in total. The van der Waals surface area contributed by atoms with Gasteiger partial charge in [0.2, 0.25) is 0 Å². The summed E-state index contributed by atoms with van der Waals surface area (Å²) < 4.78 is 1.70. The van der Waals surface area contributed by atoms with Crippen molar-refractivity contribution in [1.29, 1.82) is 0 Å². The summed E-state index contributed by atoms with van der Waals surface area (Å²) in [7, 11) is 0. The molecule has 4 nitrogen and oxygen atoms in total. The molecule has 0 aliphatic rings. The third-order valence-electron chi connectivity index (χ3n) is 3.61. The molecule has 0 aliphatic carbocycles. The lowest BCUT2D eigenvalue weighted by Crippen LogP contribution is -2.18. The average Bonchev–Trinajstić information content (AvgIpc) is 2.98. The summed E-state index contributed by atoms with van der Waals surface area (Å²) in [6, 6.07) is 20.3. The largest absolute Gasteiger partial charge is 0.343 e. The molecule has 0 unspecified atom stereocenters. The Hall–Kier alpha value is -2.53. The van der Waals surface area contributed by atoms with Crippen molar-refractivity contribution in [2.45, 2.75) is 18.1 Å². The second-order valence-corrected chi connectivity index (χ2v) is 6.31. The van der Waals surface area contributed by atoms with Gasteiger partial charge in [0.25, 0.3) is 0 Å². The van der Waals surface area contributed by atoms with E-state index in [-0.39, 0.29) is 5.69 Å².